The zero-order valence-corrected chi connectivity index (χ0v) is 14.7. The fourth-order valence-corrected chi connectivity index (χ4v) is 3.46. The van der Waals surface area contributed by atoms with Crippen molar-refractivity contribution in [1.82, 2.24) is 15.2 Å². The summed E-state index contributed by atoms with van der Waals surface area (Å²) in [4.78, 5) is 16.7. The zero-order chi connectivity index (χ0) is 17.8. The maximum atomic E-state index is 12.7. The number of benzene rings is 3. The lowest BCUT2D eigenvalue weighted by Crippen LogP contribution is -2.12. The van der Waals surface area contributed by atoms with E-state index in [4.69, 9.17) is 0 Å². The Labute approximate surface area is 154 Å². The lowest BCUT2D eigenvalue weighted by atomic mass is 10.0. The molecule has 26 heavy (non-hydrogen) atoms. The number of nitrogens with zero attached hydrogens (tertiary/aromatic N) is 2. The average Bonchev–Trinajstić information content (AvgIpc) is 3.20. The minimum atomic E-state index is -0.106. The number of carbonyl (C=O) groups is 1. The molecule has 6 heteroatoms. The second-order valence-electron chi connectivity index (χ2n) is 5.76. The van der Waals surface area contributed by atoms with Crippen molar-refractivity contribution in [3.05, 3.63) is 84.2 Å². The van der Waals surface area contributed by atoms with Crippen LogP contribution in [-0.2, 0) is 5.75 Å². The second kappa shape index (κ2) is 7.41. The summed E-state index contributed by atoms with van der Waals surface area (Å²) in [7, 11) is 0. The zero-order valence-electron chi connectivity index (χ0n) is 13.8. The Morgan fingerprint density at radius 1 is 1.00 bits per heavy atom. The molecule has 3 aromatic carbocycles. The molecule has 0 aliphatic carbocycles. The van der Waals surface area contributed by atoms with Crippen molar-refractivity contribution in [1.29, 1.82) is 0 Å². The van der Waals surface area contributed by atoms with Crippen molar-refractivity contribution >= 4 is 34.1 Å². The van der Waals surface area contributed by atoms with Crippen molar-refractivity contribution < 1.29 is 4.79 Å². The molecule has 0 saturated carbocycles. The van der Waals surface area contributed by atoms with E-state index in [0.717, 1.165) is 32.9 Å². The van der Waals surface area contributed by atoms with Crippen LogP contribution in [0.25, 0.3) is 10.8 Å². The smallest absolute Gasteiger partial charge is 0.256 e. The first kappa shape index (κ1) is 16.4. The van der Waals surface area contributed by atoms with Gasteiger partial charge in [-0.3, -0.25) is 9.89 Å². The average molecular weight is 360 g/mol. The number of aromatic amines is 1. The molecule has 128 valence electrons. The van der Waals surface area contributed by atoms with Gasteiger partial charge >= 0.3 is 0 Å². The summed E-state index contributed by atoms with van der Waals surface area (Å²) in [5, 5.41) is 12.4. The Bertz CT molecular complexity index is 1020. The minimum absolute atomic E-state index is 0.106. The molecule has 2 N–H and O–H groups in total. The van der Waals surface area contributed by atoms with Crippen LogP contribution in [0.1, 0.15) is 15.9 Å². The van der Waals surface area contributed by atoms with Crippen molar-refractivity contribution in [2.45, 2.75) is 10.9 Å². The number of aromatic nitrogens is 3. The number of hydrogen-bond acceptors (Lipinski definition) is 4. The Balaban J connectivity index is 1.45. The van der Waals surface area contributed by atoms with Crippen LogP contribution < -0.4 is 5.32 Å². The van der Waals surface area contributed by atoms with E-state index >= 15 is 0 Å². The topological polar surface area (TPSA) is 70.7 Å². The first-order valence-electron chi connectivity index (χ1n) is 8.16. The van der Waals surface area contributed by atoms with Crippen LogP contribution in [0.5, 0.6) is 0 Å². The van der Waals surface area contributed by atoms with Crippen LogP contribution in [0, 0.1) is 0 Å². The van der Waals surface area contributed by atoms with E-state index < -0.39 is 0 Å². The number of rotatable bonds is 5. The molecular formula is C20H16N4OS. The summed E-state index contributed by atoms with van der Waals surface area (Å²) in [5.74, 6) is 0.679. The third-order valence-electron chi connectivity index (χ3n) is 4.01. The Morgan fingerprint density at radius 2 is 1.81 bits per heavy atom. The number of thioether (sulfide) groups is 1. The van der Waals surface area contributed by atoms with Gasteiger partial charge in [0.15, 0.2) is 5.16 Å². The molecule has 0 bridgehead atoms. The molecule has 1 aromatic heterocycles. The molecule has 1 heterocycles. The molecule has 0 fully saturated rings. The summed E-state index contributed by atoms with van der Waals surface area (Å²) in [6, 6.07) is 21.5. The molecule has 1 amide bonds. The second-order valence-corrected chi connectivity index (χ2v) is 6.72. The number of anilines is 1. The molecular weight excluding hydrogens is 344 g/mol. The monoisotopic (exact) mass is 360 g/mol. The van der Waals surface area contributed by atoms with Gasteiger partial charge in [0.25, 0.3) is 5.91 Å². The number of amides is 1. The first-order valence-corrected chi connectivity index (χ1v) is 9.14. The van der Waals surface area contributed by atoms with Gasteiger partial charge in [0, 0.05) is 17.0 Å². The maximum Gasteiger partial charge on any atom is 0.256 e. The van der Waals surface area contributed by atoms with Gasteiger partial charge in [0.1, 0.15) is 6.33 Å². The minimum Gasteiger partial charge on any atom is -0.322 e. The van der Waals surface area contributed by atoms with Gasteiger partial charge < -0.3 is 5.32 Å². The number of carbonyl (C=O) groups excluding carboxylic acids is 1. The molecule has 5 nitrogen and oxygen atoms in total. The molecule has 0 aliphatic rings. The van der Waals surface area contributed by atoms with Gasteiger partial charge in [-0.25, -0.2) is 4.98 Å². The van der Waals surface area contributed by atoms with Gasteiger partial charge in [-0.05, 0) is 34.5 Å². The predicted molar refractivity (Wildman–Crippen MR) is 104 cm³/mol. The maximum absolute atomic E-state index is 12.7. The molecule has 0 aliphatic heterocycles. The van der Waals surface area contributed by atoms with Crippen LogP contribution in [0.4, 0.5) is 5.69 Å². The Hall–Kier alpha value is -3.12. The van der Waals surface area contributed by atoms with Gasteiger partial charge in [-0.2, -0.15) is 5.10 Å². The lowest BCUT2D eigenvalue weighted by Gasteiger charge is -2.09. The molecule has 0 spiro atoms. The van der Waals surface area contributed by atoms with Crippen LogP contribution in [0.3, 0.4) is 0 Å². The van der Waals surface area contributed by atoms with E-state index in [1.165, 1.54) is 6.33 Å². The van der Waals surface area contributed by atoms with E-state index in [1.807, 2.05) is 66.7 Å². The van der Waals surface area contributed by atoms with Crippen molar-refractivity contribution in [3.63, 3.8) is 0 Å². The van der Waals surface area contributed by atoms with E-state index in [-0.39, 0.29) is 5.91 Å². The first-order chi connectivity index (χ1) is 12.8. The number of fused-ring (bicyclic) bond motifs is 1. The highest BCUT2D eigenvalue weighted by Crippen LogP contribution is 2.22. The fraction of sp³-hybridized carbons (Fsp3) is 0.0500. The van der Waals surface area contributed by atoms with E-state index in [0.29, 0.717) is 5.56 Å². The van der Waals surface area contributed by atoms with Crippen LogP contribution >= 0.6 is 11.8 Å². The molecule has 0 atom stereocenters. The third kappa shape index (κ3) is 3.60. The van der Waals surface area contributed by atoms with Crippen LogP contribution in [0.15, 0.2) is 78.2 Å². The van der Waals surface area contributed by atoms with Gasteiger partial charge in [0.2, 0.25) is 0 Å². The molecule has 4 aromatic rings. The number of hydrogen-bond donors (Lipinski definition) is 2. The van der Waals surface area contributed by atoms with Crippen molar-refractivity contribution in [2.24, 2.45) is 0 Å². The molecule has 0 radical (unpaired) electrons. The standard InChI is InChI=1S/C20H16N4OS/c25-19(18-7-3-5-15-4-1-2-6-17(15)18)23-16-10-8-14(9-11-16)12-26-20-21-13-22-24-20/h1-11,13H,12H2,(H,23,25)(H,21,22,24). The number of H-pyrrole nitrogens is 1. The SMILES string of the molecule is O=C(Nc1ccc(CSc2ncn[nH]2)cc1)c1cccc2ccccc12. The Morgan fingerprint density at radius 3 is 2.62 bits per heavy atom. The molecule has 0 unspecified atom stereocenters. The number of nitrogens with one attached hydrogen (secondary N) is 2. The summed E-state index contributed by atoms with van der Waals surface area (Å²) in [5.41, 5.74) is 2.60. The Kier molecular flexibility index (Phi) is 4.66. The summed E-state index contributed by atoms with van der Waals surface area (Å²) < 4.78 is 0. The highest BCUT2D eigenvalue weighted by atomic mass is 32.2. The molecule has 0 saturated heterocycles. The largest absolute Gasteiger partial charge is 0.322 e. The van der Waals surface area contributed by atoms with E-state index in [1.54, 1.807) is 11.8 Å². The van der Waals surface area contributed by atoms with E-state index in [2.05, 4.69) is 20.5 Å². The lowest BCUT2D eigenvalue weighted by molar-refractivity contribution is 0.102. The fourth-order valence-electron chi connectivity index (χ4n) is 2.72. The summed E-state index contributed by atoms with van der Waals surface area (Å²) in [6.07, 6.45) is 1.49. The van der Waals surface area contributed by atoms with Crippen LogP contribution in [-0.4, -0.2) is 21.1 Å². The molecule has 4 rings (SSSR count). The summed E-state index contributed by atoms with van der Waals surface area (Å²) >= 11 is 1.58. The predicted octanol–water partition coefficient (Wildman–Crippen LogP) is 4.50. The van der Waals surface area contributed by atoms with E-state index in [9.17, 15) is 4.79 Å². The highest BCUT2D eigenvalue weighted by Gasteiger charge is 2.10. The third-order valence-corrected chi connectivity index (χ3v) is 4.96. The summed E-state index contributed by atoms with van der Waals surface area (Å²) in [6.45, 7) is 0. The van der Waals surface area contributed by atoms with Gasteiger partial charge in [-0.1, -0.05) is 60.3 Å². The normalized spacial score (nSPS) is 10.8. The highest BCUT2D eigenvalue weighted by molar-refractivity contribution is 7.98. The van der Waals surface area contributed by atoms with Crippen LogP contribution in [0.2, 0.25) is 0 Å². The quantitative estimate of drug-likeness (QED) is 0.514. The van der Waals surface area contributed by atoms with Gasteiger partial charge in [-0.15, -0.1) is 0 Å². The van der Waals surface area contributed by atoms with Crippen molar-refractivity contribution in [3.8, 4) is 0 Å². The van der Waals surface area contributed by atoms with Crippen molar-refractivity contribution in [2.75, 3.05) is 5.32 Å². The van der Waals surface area contributed by atoms with Gasteiger partial charge in [0.05, 0.1) is 0 Å².